The van der Waals surface area contributed by atoms with Gasteiger partial charge in [-0.2, -0.15) is 4.98 Å². The largest absolute Gasteiger partial charge is 0.334 e. The Bertz CT molecular complexity index is 1120. The van der Waals surface area contributed by atoms with Crippen LogP contribution in [0.1, 0.15) is 36.5 Å². The van der Waals surface area contributed by atoms with E-state index in [0.29, 0.717) is 17.3 Å². The molecule has 0 radical (unpaired) electrons. The maximum Gasteiger partial charge on any atom is 0.322 e. The van der Waals surface area contributed by atoms with Gasteiger partial charge < -0.3 is 9.84 Å². The normalized spacial score (nSPS) is 20.9. The number of nitrogens with one attached hydrogen (secondary N) is 2. The number of aryl methyl sites for hydroxylation is 2. The van der Waals surface area contributed by atoms with E-state index in [0.717, 1.165) is 24.0 Å². The number of imide groups is 1. The molecule has 146 valence electrons. The molecule has 1 aliphatic carbocycles. The zero-order valence-corrected chi connectivity index (χ0v) is 16.0. The summed E-state index contributed by atoms with van der Waals surface area (Å²) in [5.74, 6) is 0.602. The molecule has 7 heteroatoms. The minimum atomic E-state index is -1.08. The first kappa shape index (κ1) is 17.6. The molecule has 1 aliphatic heterocycles. The van der Waals surface area contributed by atoms with Crippen molar-refractivity contribution in [2.75, 3.05) is 0 Å². The van der Waals surface area contributed by atoms with Crippen LogP contribution in [0.25, 0.3) is 22.8 Å². The van der Waals surface area contributed by atoms with Crippen LogP contribution < -0.4 is 10.6 Å². The third-order valence-electron chi connectivity index (χ3n) is 5.79. The van der Waals surface area contributed by atoms with E-state index < -0.39 is 11.6 Å². The van der Waals surface area contributed by atoms with Crippen LogP contribution >= 0.6 is 0 Å². The van der Waals surface area contributed by atoms with E-state index in [4.69, 9.17) is 4.52 Å². The van der Waals surface area contributed by atoms with Gasteiger partial charge in [-0.3, -0.25) is 10.1 Å². The number of carbonyl (C=O) groups is 2. The highest BCUT2D eigenvalue weighted by atomic mass is 16.5. The number of fused-ring (bicyclic) bond motifs is 1. The number of benzene rings is 2. The van der Waals surface area contributed by atoms with Gasteiger partial charge in [-0.1, -0.05) is 35.5 Å². The van der Waals surface area contributed by atoms with Gasteiger partial charge in [0.1, 0.15) is 5.54 Å². The molecule has 2 N–H and O–H groups in total. The molecule has 0 saturated carbocycles. The number of carbonyl (C=O) groups excluding carboxylic acids is 2. The first-order valence-electron chi connectivity index (χ1n) is 9.73. The van der Waals surface area contributed by atoms with Crippen LogP contribution in [0.2, 0.25) is 0 Å². The molecule has 2 heterocycles. The fraction of sp³-hybridized carbons (Fsp3) is 0.273. The molecule has 3 amide bonds. The third-order valence-corrected chi connectivity index (χ3v) is 5.79. The summed E-state index contributed by atoms with van der Waals surface area (Å²) in [6.45, 7) is 1.67. The molecule has 3 aromatic rings. The maximum atomic E-state index is 12.1. The van der Waals surface area contributed by atoms with Gasteiger partial charge in [-0.15, -0.1) is 0 Å². The minimum Gasteiger partial charge on any atom is -0.334 e. The van der Waals surface area contributed by atoms with Gasteiger partial charge in [0.25, 0.3) is 11.8 Å². The maximum absolute atomic E-state index is 12.1. The molecule has 1 atom stereocenters. The Morgan fingerprint density at radius 1 is 0.966 bits per heavy atom. The molecule has 1 saturated heterocycles. The lowest BCUT2D eigenvalue weighted by Gasteiger charge is -2.20. The van der Waals surface area contributed by atoms with E-state index in [9.17, 15) is 9.59 Å². The summed E-state index contributed by atoms with van der Waals surface area (Å²) in [4.78, 5) is 28.1. The summed E-state index contributed by atoms with van der Waals surface area (Å²) < 4.78 is 5.49. The van der Waals surface area contributed by atoms with E-state index >= 15 is 0 Å². The van der Waals surface area contributed by atoms with E-state index in [1.165, 1.54) is 24.0 Å². The molecule has 5 rings (SSSR count). The molecular formula is C22H20N4O3. The summed E-state index contributed by atoms with van der Waals surface area (Å²) in [6, 6.07) is 13.1. The van der Waals surface area contributed by atoms with Crippen molar-refractivity contribution in [1.29, 1.82) is 0 Å². The standard InChI is InChI=1S/C22H20N4O3/c1-22(20(27)24-21(28)25-22)17-10-8-14(9-11-17)18-23-19(29-26-18)16-7-6-13-4-2-3-5-15(13)12-16/h6-12H,2-5H2,1H3,(H2,24,25,27,28). The summed E-state index contributed by atoms with van der Waals surface area (Å²) in [5, 5.41) is 9.03. The van der Waals surface area contributed by atoms with Crippen molar-refractivity contribution in [1.82, 2.24) is 20.8 Å². The second-order valence-corrected chi connectivity index (χ2v) is 7.72. The molecule has 1 unspecified atom stereocenters. The van der Waals surface area contributed by atoms with Crippen LogP contribution in [0.5, 0.6) is 0 Å². The first-order valence-corrected chi connectivity index (χ1v) is 9.73. The Kier molecular flexibility index (Phi) is 3.97. The van der Waals surface area contributed by atoms with Crippen molar-refractivity contribution in [3.8, 4) is 22.8 Å². The number of aromatic nitrogens is 2. The van der Waals surface area contributed by atoms with Crippen molar-refractivity contribution >= 4 is 11.9 Å². The molecule has 2 aromatic carbocycles. The fourth-order valence-corrected chi connectivity index (χ4v) is 4.02. The number of urea groups is 1. The highest BCUT2D eigenvalue weighted by molar-refractivity contribution is 6.07. The third kappa shape index (κ3) is 2.99. The SMILES string of the molecule is CC1(c2ccc(-c3noc(-c4ccc5c(c4)CCCC5)n3)cc2)NC(=O)NC1=O. The van der Waals surface area contributed by atoms with Crippen LogP contribution in [0.4, 0.5) is 4.79 Å². The molecule has 1 aromatic heterocycles. The van der Waals surface area contributed by atoms with Gasteiger partial charge in [-0.25, -0.2) is 4.79 Å². The van der Waals surface area contributed by atoms with Crippen molar-refractivity contribution in [2.24, 2.45) is 0 Å². The quantitative estimate of drug-likeness (QED) is 0.671. The van der Waals surface area contributed by atoms with E-state index in [2.05, 4.69) is 32.9 Å². The number of amides is 3. The molecular weight excluding hydrogens is 368 g/mol. The summed E-state index contributed by atoms with van der Waals surface area (Å²) in [7, 11) is 0. The Labute approximate surface area is 167 Å². The average Bonchev–Trinajstić information content (AvgIpc) is 3.33. The molecule has 1 fully saturated rings. The topological polar surface area (TPSA) is 97.1 Å². The zero-order valence-electron chi connectivity index (χ0n) is 16.0. The van der Waals surface area contributed by atoms with Crippen molar-refractivity contribution < 1.29 is 14.1 Å². The van der Waals surface area contributed by atoms with Crippen LogP contribution in [0, 0.1) is 0 Å². The van der Waals surface area contributed by atoms with E-state index in [1.807, 2.05) is 18.2 Å². The lowest BCUT2D eigenvalue weighted by atomic mass is 9.90. The smallest absolute Gasteiger partial charge is 0.322 e. The predicted octanol–water partition coefficient (Wildman–Crippen LogP) is 3.34. The second-order valence-electron chi connectivity index (χ2n) is 7.72. The van der Waals surface area contributed by atoms with Crippen molar-refractivity contribution in [3.63, 3.8) is 0 Å². The van der Waals surface area contributed by atoms with Crippen LogP contribution in [-0.4, -0.2) is 22.1 Å². The zero-order chi connectivity index (χ0) is 20.0. The molecule has 7 nitrogen and oxygen atoms in total. The van der Waals surface area contributed by atoms with Crippen LogP contribution in [-0.2, 0) is 23.2 Å². The average molecular weight is 388 g/mol. The van der Waals surface area contributed by atoms with Gasteiger partial charge >= 0.3 is 6.03 Å². The number of nitrogens with zero attached hydrogens (tertiary/aromatic N) is 2. The highest BCUT2D eigenvalue weighted by Crippen LogP contribution is 2.29. The Morgan fingerprint density at radius 3 is 2.41 bits per heavy atom. The molecule has 0 spiro atoms. The van der Waals surface area contributed by atoms with Gasteiger partial charge in [0.15, 0.2) is 0 Å². The fourth-order valence-electron chi connectivity index (χ4n) is 4.02. The highest BCUT2D eigenvalue weighted by Gasteiger charge is 2.43. The summed E-state index contributed by atoms with van der Waals surface area (Å²) in [6.07, 6.45) is 4.69. The number of rotatable bonds is 3. The van der Waals surface area contributed by atoms with Gasteiger partial charge in [0, 0.05) is 11.1 Å². The summed E-state index contributed by atoms with van der Waals surface area (Å²) >= 11 is 0. The van der Waals surface area contributed by atoms with E-state index in [-0.39, 0.29) is 5.91 Å². The summed E-state index contributed by atoms with van der Waals surface area (Å²) in [5.41, 5.74) is 4.08. The lowest BCUT2D eigenvalue weighted by Crippen LogP contribution is -2.40. The van der Waals surface area contributed by atoms with E-state index in [1.54, 1.807) is 19.1 Å². The Balaban J connectivity index is 1.41. The second kappa shape index (κ2) is 6.55. The van der Waals surface area contributed by atoms with Crippen molar-refractivity contribution in [3.05, 3.63) is 59.2 Å². The first-order chi connectivity index (χ1) is 14.0. The predicted molar refractivity (Wildman–Crippen MR) is 106 cm³/mol. The van der Waals surface area contributed by atoms with Crippen molar-refractivity contribution in [2.45, 2.75) is 38.1 Å². The number of hydrogen-bond donors (Lipinski definition) is 2. The van der Waals surface area contributed by atoms with Crippen LogP contribution in [0.3, 0.4) is 0 Å². The number of hydrogen-bond acceptors (Lipinski definition) is 5. The molecule has 29 heavy (non-hydrogen) atoms. The van der Waals surface area contributed by atoms with Gasteiger partial charge in [0.05, 0.1) is 0 Å². The van der Waals surface area contributed by atoms with Crippen LogP contribution in [0.15, 0.2) is 47.0 Å². The molecule has 2 aliphatic rings. The Morgan fingerprint density at radius 2 is 1.69 bits per heavy atom. The van der Waals surface area contributed by atoms with Gasteiger partial charge in [-0.05, 0) is 61.4 Å². The van der Waals surface area contributed by atoms with Gasteiger partial charge in [0.2, 0.25) is 5.82 Å². The Hall–Kier alpha value is -3.48. The monoisotopic (exact) mass is 388 g/mol. The lowest BCUT2D eigenvalue weighted by molar-refractivity contribution is -0.123. The molecule has 0 bridgehead atoms. The minimum absolute atomic E-state index is 0.371.